The Hall–Kier alpha value is -3.00. The monoisotopic (exact) mass is 455 g/mol. The van der Waals surface area contributed by atoms with Crippen molar-refractivity contribution in [2.24, 2.45) is 0 Å². The van der Waals surface area contributed by atoms with Gasteiger partial charge in [-0.15, -0.1) is 0 Å². The van der Waals surface area contributed by atoms with Crippen LogP contribution in [-0.2, 0) is 11.3 Å². The lowest BCUT2D eigenvalue weighted by atomic mass is 10.2. The van der Waals surface area contributed by atoms with Crippen molar-refractivity contribution < 1.29 is 14.3 Å². The fourth-order valence-corrected chi connectivity index (χ4v) is 4.51. The minimum atomic E-state index is -0.0850. The zero-order chi connectivity index (χ0) is 23.3. The number of hydrogen-bond donors (Lipinski definition) is 0. The Balaban J connectivity index is 1.79. The highest BCUT2D eigenvalue weighted by Gasteiger charge is 2.18. The topological polar surface area (TPSA) is 73.7 Å². The van der Waals surface area contributed by atoms with Gasteiger partial charge in [0.15, 0.2) is 16.7 Å². The van der Waals surface area contributed by atoms with Crippen molar-refractivity contribution in [1.29, 1.82) is 0 Å². The first-order chi connectivity index (χ1) is 15.4. The second-order valence-corrected chi connectivity index (χ2v) is 8.51. The summed E-state index contributed by atoms with van der Waals surface area (Å²) in [4.78, 5) is 32.4. The summed E-state index contributed by atoms with van der Waals surface area (Å²) in [6, 6.07) is 12.9. The van der Waals surface area contributed by atoms with Gasteiger partial charge in [-0.3, -0.25) is 14.2 Å². The van der Waals surface area contributed by atoms with Gasteiger partial charge in [0, 0.05) is 19.1 Å². The van der Waals surface area contributed by atoms with Gasteiger partial charge in [-0.1, -0.05) is 30.0 Å². The molecule has 0 saturated heterocycles. The predicted octanol–water partition coefficient (Wildman–Crippen LogP) is 4.14. The van der Waals surface area contributed by atoms with Gasteiger partial charge >= 0.3 is 0 Å². The SMILES string of the molecule is CCN(Cc1ccc(OC)c(OC)c1)C(=O)CSc1nc2ccccc2c(=O)n1C(C)C. The van der Waals surface area contributed by atoms with Crippen LogP contribution in [0.1, 0.15) is 32.4 Å². The second-order valence-electron chi connectivity index (χ2n) is 7.57. The van der Waals surface area contributed by atoms with Gasteiger partial charge in [-0.05, 0) is 50.6 Å². The lowest BCUT2D eigenvalue weighted by Gasteiger charge is -2.22. The Labute approximate surface area is 192 Å². The van der Waals surface area contributed by atoms with Crippen LogP contribution in [0.5, 0.6) is 11.5 Å². The molecule has 170 valence electrons. The molecule has 3 rings (SSSR count). The summed E-state index contributed by atoms with van der Waals surface area (Å²) in [5, 5.41) is 1.14. The lowest BCUT2D eigenvalue weighted by molar-refractivity contribution is -0.128. The third-order valence-electron chi connectivity index (χ3n) is 5.17. The van der Waals surface area contributed by atoms with E-state index in [4.69, 9.17) is 9.47 Å². The van der Waals surface area contributed by atoms with Gasteiger partial charge in [0.25, 0.3) is 5.56 Å². The lowest BCUT2D eigenvalue weighted by Crippen LogP contribution is -2.32. The number of rotatable bonds is 9. The molecule has 7 nitrogen and oxygen atoms in total. The standard InChI is InChI=1S/C24H29N3O4S/c1-6-26(14-17-11-12-20(30-4)21(13-17)31-5)22(28)15-32-24-25-19-10-8-7-9-18(19)23(29)27(24)16(2)3/h7-13,16H,6,14-15H2,1-5H3. The predicted molar refractivity (Wildman–Crippen MR) is 128 cm³/mol. The highest BCUT2D eigenvalue weighted by Crippen LogP contribution is 2.28. The van der Waals surface area contributed by atoms with Crippen LogP contribution in [0.15, 0.2) is 52.4 Å². The summed E-state index contributed by atoms with van der Waals surface area (Å²) < 4.78 is 12.3. The average Bonchev–Trinajstić information content (AvgIpc) is 2.80. The van der Waals surface area contributed by atoms with Crippen molar-refractivity contribution in [3.8, 4) is 11.5 Å². The number of amides is 1. The molecule has 0 aliphatic heterocycles. The van der Waals surface area contributed by atoms with E-state index in [1.807, 2.05) is 57.2 Å². The number of ether oxygens (including phenoxy) is 2. The molecule has 0 spiro atoms. The molecule has 1 heterocycles. The highest BCUT2D eigenvalue weighted by atomic mass is 32.2. The fraction of sp³-hybridized carbons (Fsp3) is 0.375. The molecule has 32 heavy (non-hydrogen) atoms. The Morgan fingerprint density at radius 2 is 1.84 bits per heavy atom. The molecule has 0 aliphatic rings. The summed E-state index contributed by atoms with van der Waals surface area (Å²) in [6.07, 6.45) is 0. The summed E-state index contributed by atoms with van der Waals surface area (Å²) in [5.74, 6) is 1.45. The van der Waals surface area contributed by atoms with Crippen molar-refractivity contribution in [3.63, 3.8) is 0 Å². The first-order valence-electron chi connectivity index (χ1n) is 10.5. The number of para-hydroxylation sites is 1. The minimum absolute atomic E-state index is 0.0231. The molecular weight excluding hydrogens is 426 g/mol. The quantitative estimate of drug-likeness (QED) is 0.357. The Morgan fingerprint density at radius 3 is 2.50 bits per heavy atom. The van der Waals surface area contributed by atoms with E-state index in [1.165, 1.54) is 11.8 Å². The van der Waals surface area contributed by atoms with E-state index >= 15 is 0 Å². The normalized spacial score (nSPS) is 11.1. The van der Waals surface area contributed by atoms with Crippen LogP contribution in [0.3, 0.4) is 0 Å². The summed E-state index contributed by atoms with van der Waals surface area (Å²) >= 11 is 1.30. The number of fused-ring (bicyclic) bond motifs is 1. The highest BCUT2D eigenvalue weighted by molar-refractivity contribution is 7.99. The van der Waals surface area contributed by atoms with Crippen LogP contribution < -0.4 is 15.0 Å². The van der Waals surface area contributed by atoms with E-state index < -0.39 is 0 Å². The molecule has 8 heteroatoms. The smallest absolute Gasteiger partial charge is 0.262 e. The number of aromatic nitrogens is 2. The molecule has 0 bridgehead atoms. The zero-order valence-electron chi connectivity index (χ0n) is 19.1. The third kappa shape index (κ3) is 5.07. The summed E-state index contributed by atoms with van der Waals surface area (Å²) in [6.45, 7) is 6.86. The minimum Gasteiger partial charge on any atom is -0.493 e. The van der Waals surface area contributed by atoms with Crippen LogP contribution in [0.4, 0.5) is 0 Å². The van der Waals surface area contributed by atoms with Gasteiger partial charge in [0.2, 0.25) is 5.91 Å². The Morgan fingerprint density at radius 1 is 1.12 bits per heavy atom. The number of thioether (sulfide) groups is 1. The van der Waals surface area contributed by atoms with Crippen molar-refractivity contribution in [3.05, 3.63) is 58.4 Å². The van der Waals surface area contributed by atoms with Crippen LogP contribution in [-0.4, -0.2) is 46.9 Å². The van der Waals surface area contributed by atoms with Crippen LogP contribution in [0.25, 0.3) is 10.9 Å². The van der Waals surface area contributed by atoms with Gasteiger partial charge in [-0.2, -0.15) is 0 Å². The first-order valence-corrected chi connectivity index (χ1v) is 11.5. The number of hydrogen-bond acceptors (Lipinski definition) is 6. The maximum atomic E-state index is 13.0. The molecule has 2 aromatic carbocycles. The average molecular weight is 456 g/mol. The van der Waals surface area contributed by atoms with Gasteiger partial charge < -0.3 is 14.4 Å². The molecule has 0 atom stereocenters. The molecule has 0 unspecified atom stereocenters. The van der Waals surface area contributed by atoms with E-state index in [2.05, 4.69) is 4.98 Å². The molecule has 0 aliphatic carbocycles. The molecule has 0 saturated carbocycles. The summed E-state index contributed by atoms with van der Waals surface area (Å²) in [7, 11) is 3.18. The van der Waals surface area contributed by atoms with Crippen molar-refractivity contribution in [2.75, 3.05) is 26.5 Å². The molecule has 0 fully saturated rings. The Kier molecular flexibility index (Phi) is 7.80. The van der Waals surface area contributed by atoms with E-state index in [0.29, 0.717) is 40.6 Å². The van der Waals surface area contributed by atoms with Crippen LogP contribution >= 0.6 is 11.8 Å². The molecule has 0 N–H and O–H groups in total. The van der Waals surface area contributed by atoms with Gasteiger partial charge in [0.1, 0.15) is 0 Å². The fourth-order valence-electron chi connectivity index (χ4n) is 3.48. The van der Waals surface area contributed by atoms with E-state index in [0.717, 1.165) is 5.56 Å². The van der Waals surface area contributed by atoms with Crippen LogP contribution in [0.2, 0.25) is 0 Å². The number of methoxy groups -OCH3 is 2. The van der Waals surface area contributed by atoms with Crippen molar-refractivity contribution in [2.45, 2.75) is 38.5 Å². The molecule has 0 radical (unpaired) electrons. The van der Waals surface area contributed by atoms with Crippen molar-refractivity contribution in [1.82, 2.24) is 14.5 Å². The zero-order valence-corrected chi connectivity index (χ0v) is 19.9. The number of carbonyl (C=O) groups is 1. The first kappa shape index (κ1) is 23.7. The van der Waals surface area contributed by atoms with E-state index in [1.54, 1.807) is 29.8 Å². The number of carbonyl (C=O) groups excluding carboxylic acids is 1. The maximum absolute atomic E-state index is 13.0. The van der Waals surface area contributed by atoms with Gasteiger partial charge in [-0.25, -0.2) is 4.98 Å². The van der Waals surface area contributed by atoms with Crippen molar-refractivity contribution >= 4 is 28.6 Å². The maximum Gasteiger partial charge on any atom is 0.262 e. The molecule has 1 amide bonds. The van der Waals surface area contributed by atoms with E-state index in [9.17, 15) is 9.59 Å². The van der Waals surface area contributed by atoms with Crippen LogP contribution in [0, 0.1) is 0 Å². The molecule has 1 aromatic heterocycles. The second kappa shape index (κ2) is 10.5. The largest absolute Gasteiger partial charge is 0.493 e. The molecular formula is C24H29N3O4S. The Bertz CT molecular complexity index is 1160. The number of benzene rings is 2. The van der Waals surface area contributed by atoms with E-state index in [-0.39, 0.29) is 23.3 Å². The molecule has 3 aromatic rings. The number of nitrogens with zero attached hydrogens (tertiary/aromatic N) is 3. The third-order valence-corrected chi connectivity index (χ3v) is 6.11. The van der Waals surface area contributed by atoms with Gasteiger partial charge in [0.05, 0.1) is 30.9 Å². The summed E-state index contributed by atoms with van der Waals surface area (Å²) in [5.41, 5.74) is 1.51.